The van der Waals surface area contributed by atoms with Crippen LogP contribution in [-0.4, -0.2) is 48.1 Å². The standard InChI is InChI=1S/C26H32N4O3/c1-17-8-13-33-24(17)26(31)30-11-10-29(15-18(30)2)25-21(14-27)20-9-12-32-16-22(20)23(28-25)19-6-4-3-5-7-19/h8,13,18-19H,3-7,9-12,15-16H2,1-2H3/t18-/m1/s1. The summed E-state index contributed by atoms with van der Waals surface area (Å²) in [6.07, 6.45) is 8.41. The van der Waals surface area contributed by atoms with E-state index in [4.69, 9.17) is 14.1 Å². The first kappa shape index (κ1) is 22.0. The summed E-state index contributed by atoms with van der Waals surface area (Å²) in [5, 5.41) is 10.1. The minimum atomic E-state index is -0.0661. The molecular formula is C26H32N4O3. The Morgan fingerprint density at radius 3 is 2.73 bits per heavy atom. The normalized spacial score (nSPS) is 21.5. The number of ether oxygens (including phenoxy) is 1. The Hall–Kier alpha value is -2.85. The predicted molar refractivity (Wildman–Crippen MR) is 124 cm³/mol. The van der Waals surface area contributed by atoms with E-state index >= 15 is 0 Å². The molecule has 2 fully saturated rings. The van der Waals surface area contributed by atoms with E-state index in [0.29, 0.717) is 50.1 Å². The molecule has 1 aliphatic carbocycles. The fourth-order valence-electron chi connectivity index (χ4n) is 5.70. The molecule has 1 amide bonds. The van der Waals surface area contributed by atoms with Gasteiger partial charge in [-0.2, -0.15) is 5.26 Å². The molecule has 2 aromatic heterocycles. The van der Waals surface area contributed by atoms with Gasteiger partial charge < -0.3 is 19.0 Å². The molecule has 1 atom stereocenters. The lowest BCUT2D eigenvalue weighted by Gasteiger charge is -2.41. The molecule has 0 aromatic carbocycles. The first-order valence-corrected chi connectivity index (χ1v) is 12.2. The molecule has 0 N–H and O–H groups in total. The van der Waals surface area contributed by atoms with Crippen LogP contribution in [0.1, 0.15) is 83.4 Å². The van der Waals surface area contributed by atoms with Crippen LogP contribution in [-0.2, 0) is 17.8 Å². The third kappa shape index (κ3) is 4.02. The van der Waals surface area contributed by atoms with Crippen molar-refractivity contribution in [3.05, 3.63) is 46.0 Å². The zero-order chi connectivity index (χ0) is 22.9. The number of carbonyl (C=O) groups is 1. The smallest absolute Gasteiger partial charge is 0.290 e. The predicted octanol–water partition coefficient (Wildman–Crippen LogP) is 4.33. The summed E-state index contributed by atoms with van der Waals surface area (Å²) in [4.78, 5) is 22.3. The maximum Gasteiger partial charge on any atom is 0.290 e. The fraction of sp³-hybridized carbons (Fsp3) is 0.577. The number of carbonyl (C=O) groups excluding carboxylic acids is 1. The van der Waals surface area contributed by atoms with Crippen molar-refractivity contribution in [1.82, 2.24) is 9.88 Å². The highest BCUT2D eigenvalue weighted by Crippen LogP contribution is 2.39. The average molecular weight is 449 g/mol. The number of aryl methyl sites for hydroxylation is 1. The van der Waals surface area contributed by atoms with Crippen molar-refractivity contribution in [1.29, 1.82) is 5.26 Å². The molecule has 2 aliphatic heterocycles. The van der Waals surface area contributed by atoms with E-state index in [1.165, 1.54) is 19.3 Å². The summed E-state index contributed by atoms with van der Waals surface area (Å²) in [5.74, 6) is 1.60. The topological polar surface area (TPSA) is 82.6 Å². The van der Waals surface area contributed by atoms with Crippen molar-refractivity contribution in [3.63, 3.8) is 0 Å². The van der Waals surface area contributed by atoms with Crippen molar-refractivity contribution in [3.8, 4) is 6.07 Å². The van der Waals surface area contributed by atoms with Crippen LogP contribution in [0.15, 0.2) is 16.7 Å². The van der Waals surface area contributed by atoms with Crippen LogP contribution in [0, 0.1) is 18.3 Å². The van der Waals surface area contributed by atoms with Gasteiger partial charge in [0.1, 0.15) is 11.9 Å². The van der Waals surface area contributed by atoms with E-state index in [-0.39, 0.29) is 11.9 Å². The minimum absolute atomic E-state index is 0.0124. The molecule has 3 aliphatic rings. The molecule has 0 bridgehead atoms. The van der Waals surface area contributed by atoms with Crippen molar-refractivity contribution in [2.75, 3.05) is 31.1 Å². The molecule has 0 unspecified atom stereocenters. The summed E-state index contributed by atoms with van der Waals surface area (Å²) in [6.45, 7) is 7.03. The molecule has 33 heavy (non-hydrogen) atoms. The quantitative estimate of drug-likeness (QED) is 0.695. The Morgan fingerprint density at radius 2 is 2.03 bits per heavy atom. The van der Waals surface area contributed by atoms with Crippen molar-refractivity contribution in [2.45, 2.75) is 70.9 Å². The number of piperazine rings is 1. The third-order valence-electron chi connectivity index (χ3n) is 7.52. The van der Waals surface area contributed by atoms with Gasteiger partial charge in [0.05, 0.1) is 30.7 Å². The van der Waals surface area contributed by atoms with E-state index in [1.807, 2.05) is 17.9 Å². The summed E-state index contributed by atoms with van der Waals surface area (Å²) in [5.41, 5.74) is 4.99. The Bertz CT molecular complexity index is 1080. The Balaban J connectivity index is 1.46. The van der Waals surface area contributed by atoms with Gasteiger partial charge in [0.15, 0.2) is 5.76 Å². The highest BCUT2D eigenvalue weighted by molar-refractivity contribution is 5.93. The van der Waals surface area contributed by atoms with E-state index in [9.17, 15) is 10.1 Å². The number of amides is 1. The largest absolute Gasteiger partial charge is 0.459 e. The van der Waals surface area contributed by atoms with Crippen LogP contribution in [0.4, 0.5) is 5.82 Å². The zero-order valence-electron chi connectivity index (χ0n) is 19.6. The summed E-state index contributed by atoms with van der Waals surface area (Å²) in [6, 6.07) is 4.28. The number of aromatic nitrogens is 1. The SMILES string of the molecule is Cc1ccoc1C(=O)N1CCN(c2nc(C3CCCCC3)c3c(c2C#N)CCOC3)C[C@H]1C. The van der Waals surface area contributed by atoms with Gasteiger partial charge in [-0.1, -0.05) is 19.3 Å². The second-order valence-corrected chi connectivity index (χ2v) is 9.63. The molecule has 174 valence electrons. The highest BCUT2D eigenvalue weighted by Gasteiger charge is 2.34. The first-order valence-electron chi connectivity index (χ1n) is 12.2. The number of nitrogens with zero attached hydrogens (tertiary/aromatic N) is 4. The van der Waals surface area contributed by atoms with E-state index in [0.717, 1.165) is 47.5 Å². The third-order valence-corrected chi connectivity index (χ3v) is 7.52. The lowest BCUT2D eigenvalue weighted by atomic mass is 9.82. The molecule has 7 heteroatoms. The van der Waals surface area contributed by atoms with Crippen LogP contribution in [0.3, 0.4) is 0 Å². The summed E-state index contributed by atoms with van der Waals surface area (Å²) < 4.78 is 11.2. The van der Waals surface area contributed by atoms with Gasteiger partial charge in [0, 0.05) is 42.7 Å². The number of rotatable bonds is 3. The molecule has 4 heterocycles. The van der Waals surface area contributed by atoms with Crippen molar-refractivity contribution in [2.24, 2.45) is 0 Å². The van der Waals surface area contributed by atoms with Crippen molar-refractivity contribution >= 4 is 11.7 Å². The van der Waals surface area contributed by atoms with Crippen LogP contribution < -0.4 is 4.90 Å². The number of anilines is 1. The maximum atomic E-state index is 13.0. The Kier molecular flexibility index (Phi) is 6.11. The summed E-state index contributed by atoms with van der Waals surface area (Å²) >= 11 is 0. The monoisotopic (exact) mass is 448 g/mol. The second-order valence-electron chi connectivity index (χ2n) is 9.63. The second kappa shape index (κ2) is 9.18. The molecule has 0 radical (unpaired) electrons. The molecule has 5 rings (SSSR count). The Labute approximate surface area is 195 Å². The van der Waals surface area contributed by atoms with Gasteiger partial charge in [-0.05, 0) is 44.7 Å². The van der Waals surface area contributed by atoms with E-state index < -0.39 is 0 Å². The first-order chi connectivity index (χ1) is 16.1. The molecule has 0 spiro atoms. The van der Waals surface area contributed by atoms with Gasteiger partial charge in [-0.3, -0.25) is 4.79 Å². The van der Waals surface area contributed by atoms with Crippen molar-refractivity contribution < 1.29 is 13.9 Å². The van der Waals surface area contributed by atoms with Gasteiger partial charge in [-0.15, -0.1) is 0 Å². The van der Waals surface area contributed by atoms with Crippen LogP contribution >= 0.6 is 0 Å². The fourth-order valence-corrected chi connectivity index (χ4v) is 5.70. The van der Waals surface area contributed by atoms with Crippen LogP contribution in [0.2, 0.25) is 0 Å². The molecule has 1 saturated heterocycles. The lowest BCUT2D eigenvalue weighted by molar-refractivity contribution is 0.0640. The van der Waals surface area contributed by atoms with Gasteiger partial charge in [0.25, 0.3) is 5.91 Å². The molecule has 7 nitrogen and oxygen atoms in total. The number of fused-ring (bicyclic) bond motifs is 1. The number of nitriles is 1. The van der Waals surface area contributed by atoms with Crippen LogP contribution in [0.25, 0.3) is 0 Å². The number of hydrogen-bond donors (Lipinski definition) is 0. The number of furan rings is 1. The maximum absolute atomic E-state index is 13.0. The number of pyridine rings is 1. The lowest BCUT2D eigenvalue weighted by Crippen LogP contribution is -2.54. The van der Waals surface area contributed by atoms with Gasteiger partial charge >= 0.3 is 0 Å². The van der Waals surface area contributed by atoms with E-state index in [2.05, 4.69) is 17.9 Å². The highest BCUT2D eigenvalue weighted by atomic mass is 16.5. The van der Waals surface area contributed by atoms with E-state index in [1.54, 1.807) is 6.26 Å². The Morgan fingerprint density at radius 1 is 1.21 bits per heavy atom. The zero-order valence-corrected chi connectivity index (χ0v) is 19.6. The van der Waals surface area contributed by atoms with Gasteiger partial charge in [-0.25, -0.2) is 4.98 Å². The average Bonchev–Trinajstić information content (AvgIpc) is 3.28. The van der Waals surface area contributed by atoms with Gasteiger partial charge in [0.2, 0.25) is 0 Å². The minimum Gasteiger partial charge on any atom is -0.459 e. The molecule has 1 saturated carbocycles. The molecular weight excluding hydrogens is 416 g/mol. The summed E-state index contributed by atoms with van der Waals surface area (Å²) in [7, 11) is 0. The number of hydrogen-bond acceptors (Lipinski definition) is 6. The molecule has 2 aromatic rings. The van der Waals surface area contributed by atoms with Crippen LogP contribution in [0.5, 0.6) is 0 Å².